The predicted molar refractivity (Wildman–Crippen MR) is 78.6 cm³/mol. The molecule has 0 spiro atoms. The minimum absolute atomic E-state index is 0.0825. The van der Waals surface area contributed by atoms with Crippen LogP contribution in [0, 0.1) is 13.8 Å². The van der Waals surface area contributed by atoms with Gasteiger partial charge in [-0.25, -0.2) is 8.42 Å². The Morgan fingerprint density at radius 3 is 2.57 bits per heavy atom. The van der Waals surface area contributed by atoms with Crippen molar-refractivity contribution in [3.05, 3.63) is 24.0 Å². The second-order valence-corrected chi connectivity index (χ2v) is 6.58. The minimum atomic E-state index is -3.72. The van der Waals surface area contributed by atoms with E-state index in [1.807, 2.05) is 6.92 Å². The third kappa shape index (κ3) is 3.70. The summed E-state index contributed by atoms with van der Waals surface area (Å²) in [6.07, 6.45) is 2.20. The van der Waals surface area contributed by atoms with Crippen molar-refractivity contribution in [2.45, 2.75) is 38.6 Å². The van der Waals surface area contributed by atoms with Crippen molar-refractivity contribution >= 4 is 16.0 Å². The van der Waals surface area contributed by atoms with Gasteiger partial charge in [0, 0.05) is 13.1 Å². The van der Waals surface area contributed by atoms with Gasteiger partial charge in [0.25, 0.3) is 0 Å². The fraction of sp³-hybridized carbons (Fsp3) is 0.538. The summed E-state index contributed by atoms with van der Waals surface area (Å²) in [5.41, 5.74) is 0.638. The maximum atomic E-state index is 12.7. The first-order valence-electron chi connectivity index (χ1n) is 6.62. The zero-order valence-electron chi connectivity index (χ0n) is 12.5. The van der Waals surface area contributed by atoms with Gasteiger partial charge in [0.2, 0.25) is 10.0 Å². The van der Waals surface area contributed by atoms with Crippen molar-refractivity contribution in [1.29, 1.82) is 0 Å². The molecule has 1 rings (SSSR count). The van der Waals surface area contributed by atoms with Crippen LogP contribution in [0.15, 0.2) is 17.6 Å². The fourth-order valence-corrected chi connectivity index (χ4v) is 4.04. The zero-order chi connectivity index (χ0) is 16.2. The van der Waals surface area contributed by atoms with Gasteiger partial charge in [-0.05, 0) is 20.3 Å². The van der Waals surface area contributed by atoms with Gasteiger partial charge in [0.05, 0.1) is 11.4 Å². The average Bonchev–Trinajstić information content (AvgIpc) is 2.63. The molecule has 0 bridgehead atoms. The zero-order valence-corrected chi connectivity index (χ0v) is 13.4. The number of sulfonamides is 1. The molecular formula is C13H21N3O4S. The van der Waals surface area contributed by atoms with E-state index in [0.29, 0.717) is 24.4 Å². The van der Waals surface area contributed by atoms with Crippen LogP contribution in [0.4, 0.5) is 0 Å². The summed E-state index contributed by atoms with van der Waals surface area (Å²) >= 11 is 0. The topological polar surface area (TPSA) is 92.5 Å². The summed E-state index contributed by atoms with van der Waals surface area (Å²) in [6.45, 7) is 8.81. The number of aryl methyl sites for hydroxylation is 1. The van der Waals surface area contributed by atoms with E-state index in [-0.39, 0.29) is 18.0 Å². The van der Waals surface area contributed by atoms with Gasteiger partial charge >= 0.3 is 5.97 Å². The van der Waals surface area contributed by atoms with Gasteiger partial charge in [-0.1, -0.05) is 13.0 Å². The van der Waals surface area contributed by atoms with Crippen LogP contribution in [0.2, 0.25) is 0 Å². The van der Waals surface area contributed by atoms with Crippen molar-refractivity contribution in [1.82, 2.24) is 14.1 Å². The molecule has 0 radical (unpaired) electrons. The van der Waals surface area contributed by atoms with E-state index >= 15 is 0 Å². The molecule has 7 nitrogen and oxygen atoms in total. The highest BCUT2D eigenvalue weighted by molar-refractivity contribution is 7.89. The van der Waals surface area contributed by atoms with Crippen LogP contribution >= 0.6 is 0 Å². The molecule has 118 valence electrons. The number of aliphatic carboxylic acids is 1. The lowest BCUT2D eigenvalue weighted by Gasteiger charge is -2.20. The molecular weight excluding hydrogens is 294 g/mol. The Morgan fingerprint density at radius 1 is 1.48 bits per heavy atom. The van der Waals surface area contributed by atoms with E-state index in [2.05, 4.69) is 11.7 Å². The molecule has 0 aliphatic carbocycles. The first-order chi connectivity index (χ1) is 9.75. The van der Waals surface area contributed by atoms with Crippen molar-refractivity contribution in [3.8, 4) is 0 Å². The van der Waals surface area contributed by atoms with Crippen LogP contribution in [0.3, 0.4) is 0 Å². The van der Waals surface area contributed by atoms with Gasteiger partial charge in [-0.3, -0.25) is 9.48 Å². The summed E-state index contributed by atoms with van der Waals surface area (Å²) in [7, 11) is -3.72. The van der Waals surface area contributed by atoms with E-state index in [1.165, 1.54) is 15.1 Å². The number of rotatable bonds is 8. The average molecular weight is 315 g/mol. The second-order valence-electron chi connectivity index (χ2n) is 4.70. The molecule has 0 aromatic carbocycles. The molecule has 0 aliphatic heterocycles. The van der Waals surface area contributed by atoms with E-state index in [1.54, 1.807) is 13.8 Å². The molecule has 1 heterocycles. The van der Waals surface area contributed by atoms with E-state index in [0.717, 1.165) is 0 Å². The highest BCUT2D eigenvalue weighted by Crippen LogP contribution is 2.23. The highest BCUT2D eigenvalue weighted by atomic mass is 32.2. The van der Waals surface area contributed by atoms with Crippen molar-refractivity contribution in [2.75, 3.05) is 13.1 Å². The molecule has 0 saturated carbocycles. The van der Waals surface area contributed by atoms with Gasteiger partial charge in [0.15, 0.2) is 0 Å². The molecule has 0 fully saturated rings. The van der Waals surface area contributed by atoms with Crippen LogP contribution in [0.1, 0.15) is 24.7 Å². The Morgan fingerprint density at radius 2 is 2.10 bits per heavy atom. The lowest BCUT2D eigenvalue weighted by Crippen LogP contribution is -2.32. The summed E-state index contributed by atoms with van der Waals surface area (Å²) < 4.78 is 28.0. The Balaban J connectivity index is 3.33. The van der Waals surface area contributed by atoms with Gasteiger partial charge in [0.1, 0.15) is 11.4 Å². The quantitative estimate of drug-likeness (QED) is 0.727. The molecule has 1 aromatic rings. The molecule has 1 aromatic heterocycles. The Kier molecular flexibility index (Phi) is 5.68. The summed E-state index contributed by atoms with van der Waals surface area (Å²) in [6, 6.07) is 0. The summed E-state index contributed by atoms with van der Waals surface area (Å²) in [5.74, 6) is -1.07. The molecule has 0 aliphatic rings. The van der Waals surface area contributed by atoms with E-state index < -0.39 is 16.0 Å². The number of carboxylic acids is 1. The van der Waals surface area contributed by atoms with E-state index in [9.17, 15) is 13.2 Å². The number of carbonyl (C=O) groups is 1. The molecule has 1 N–H and O–H groups in total. The third-order valence-corrected chi connectivity index (χ3v) is 5.12. The normalized spacial score (nSPS) is 11.8. The Hall–Kier alpha value is -1.67. The predicted octanol–water partition coefficient (Wildman–Crippen LogP) is 1.17. The third-order valence-electron chi connectivity index (χ3n) is 3.00. The van der Waals surface area contributed by atoms with Gasteiger partial charge in [-0.2, -0.15) is 9.40 Å². The number of aromatic nitrogens is 2. The van der Waals surface area contributed by atoms with Crippen LogP contribution < -0.4 is 0 Å². The van der Waals surface area contributed by atoms with Gasteiger partial charge in [-0.15, -0.1) is 6.58 Å². The molecule has 0 unspecified atom stereocenters. The first kappa shape index (κ1) is 17.4. The van der Waals surface area contributed by atoms with Crippen molar-refractivity contribution in [2.24, 2.45) is 0 Å². The SMILES string of the molecule is C=CCN(CCC)S(=O)(=O)c1c(C)nn(CC(=O)O)c1C. The van der Waals surface area contributed by atoms with Crippen molar-refractivity contribution in [3.63, 3.8) is 0 Å². The van der Waals surface area contributed by atoms with Crippen LogP contribution in [-0.4, -0.2) is 46.7 Å². The molecule has 0 amide bonds. The van der Waals surface area contributed by atoms with Crippen LogP contribution in [0.25, 0.3) is 0 Å². The van der Waals surface area contributed by atoms with Crippen molar-refractivity contribution < 1.29 is 18.3 Å². The Bertz CT molecular complexity index is 634. The van der Waals surface area contributed by atoms with Crippen LogP contribution in [-0.2, 0) is 21.4 Å². The second kappa shape index (κ2) is 6.86. The number of nitrogens with zero attached hydrogens (tertiary/aromatic N) is 3. The van der Waals surface area contributed by atoms with Crippen LogP contribution in [0.5, 0.6) is 0 Å². The monoisotopic (exact) mass is 315 g/mol. The summed E-state index contributed by atoms with van der Waals surface area (Å²) in [5, 5.41) is 12.9. The summed E-state index contributed by atoms with van der Waals surface area (Å²) in [4.78, 5) is 10.9. The number of carboxylic acid groups (broad SMARTS) is 1. The molecule has 21 heavy (non-hydrogen) atoms. The molecule has 8 heteroatoms. The first-order valence-corrected chi connectivity index (χ1v) is 8.06. The fourth-order valence-electron chi connectivity index (χ4n) is 2.17. The number of hydrogen-bond acceptors (Lipinski definition) is 4. The maximum Gasteiger partial charge on any atom is 0.325 e. The van der Waals surface area contributed by atoms with Gasteiger partial charge < -0.3 is 5.11 Å². The lowest BCUT2D eigenvalue weighted by molar-refractivity contribution is -0.137. The largest absolute Gasteiger partial charge is 0.480 e. The lowest BCUT2D eigenvalue weighted by atomic mass is 10.4. The number of hydrogen-bond donors (Lipinski definition) is 1. The van der Waals surface area contributed by atoms with E-state index in [4.69, 9.17) is 5.11 Å². The molecule has 0 atom stereocenters. The molecule has 0 saturated heterocycles. The highest BCUT2D eigenvalue weighted by Gasteiger charge is 2.30. The maximum absolute atomic E-state index is 12.7. The standard InChI is InChI=1S/C13H21N3O4S/c1-5-7-15(8-6-2)21(19,20)13-10(3)14-16(11(13)4)9-12(17)18/h5H,1,6-9H2,2-4H3,(H,17,18). The Labute approximate surface area is 124 Å². The smallest absolute Gasteiger partial charge is 0.325 e. The minimum Gasteiger partial charge on any atom is -0.480 e.